The van der Waals surface area contributed by atoms with Crippen LogP contribution in [-0.2, 0) is 17.8 Å². The molecule has 0 spiro atoms. The van der Waals surface area contributed by atoms with Crippen LogP contribution >= 0.6 is 11.6 Å². The molecule has 7 heteroatoms. The molecule has 128 valence electrons. The monoisotopic (exact) mass is 357 g/mol. The lowest BCUT2D eigenvalue weighted by Gasteiger charge is -2.03. The molecule has 1 amide bonds. The van der Waals surface area contributed by atoms with Gasteiger partial charge in [-0.1, -0.05) is 23.7 Å². The third kappa shape index (κ3) is 4.58. The highest BCUT2D eigenvalue weighted by Crippen LogP contribution is 2.21. The molecule has 0 aliphatic rings. The first kappa shape index (κ1) is 17.0. The Morgan fingerprint density at radius 2 is 1.84 bits per heavy atom. The molecule has 25 heavy (non-hydrogen) atoms. The average molecular weight is 358 g/mol. The maximum absolute atomic E-state index is 12.0. The van der Waals surface area contributed by atoms with Crippen molar-refractivity contribution in [3.63, 3.8) is 0 Å². The van der Waals surface area contributed by atoms with Gasteiger partial charge in [-0.2, -0.15) is 0 Å². The van der Waals surface area contributed by atoms with Crippen LogP contribution < -0.4 is 10.1 Å². The van der Waals surface area contributed by atoms with Gasteiger partial charge in [-0.3, -0.25) is 4.79 Å². The van der Waals surface area contributed by atoms with Crippen LogP contribution in [0.1, 0.15) is 11.5 Å². The van der Waals surface area contributed by atoms with Crippen molar-refractivity contribution in [2.45, 2.75) is 13.0 Å². The summed E-state index contributed by atoms with van der Waals surface area (Å²) in [5.41, 5.74) is 1.73. The largest absolute Gasteiger partial charge is 0.497 e. The smallest absolute Gasteiger partial charge is 0.247 e. The van der Waals surface area contributed by atoms with E-state index in [0.29, 0.717) is 17.5 Å². The van der Waals surface area contributed by atoms with E-state index in [9.17, 15) is 4.79 Å². The quantitative estimate of drug-likeness (QED) is 0.732. The highest BCUT2D eigenvalue weighted by Gasteiger charge is 2.12. The molecule has 3 aromatic rings. The molecule has 0 aliphatic heterocycles. The van der Waals surface area contributed by atoms with E-state index in [1.54, 1.807) is 31.4 Å². The molecule has 3 rings (SSSR count). The minimum atomic E-state index is -0.195. The number of nitrogens with one attached hydrogen (secondary N) is 1. The molecule has 0 unspecified atom stereocenters. The zero-order chi connectivity index (χ0) is 17.6. The van der Waals surface area contributed by atoms with Gasteiger partial charge in [0.25, 0.3) is 0 Å². The predicted octanol–water partition coefficient (Wildman–Crippen LogP) is 3.26. The molecule has 0 saturated carbocycles. The van der Waals surface area contributed by atoms with Crippen molar-refractivity contribution in [3.8, 4) is 17.2 Å². The van der Waals surface area contributed by atoms with Gasteiger partial charge < -0.3 is 14.5 Å². The Labute approximate surface area is 149 Å². The Morgan fingerprint density at radius 3 is 2.52 bits per heavy atom. The van der Waals surface area contributed by atoms with E-state index in [2.05, 4.69) is 15.5 Å². The molecular formula is C18H16ClN3O3. The van der Waals surface area contributed by atoms with Gasteiger partial charge in [0.2, 0.25) is 17.7 Å². The number of hydrogen-bond acceptors (Lipinski definition) is 5. The molecule has 1 aromatic heterocycles. The van der Waals surface area contributed by atoms with Crippen LogP contribution in [0.4, 0.5) is 0 Å². The van der Waals surface area contributed by atoms with Crippen LogP contribution in [0.15, 0.2) is 52.9 Å². The Hall–Kier alpha value is -2.86. The Morgan fingerprint density at radius 1 is 1.12 bits per heavy atom. The Bertz CT molecular complexity index is 845. The minimum absolute atomic E-state index is 0.0245. The molecule has 0 saturated heterocycles. The maximum atomic E-state index is 12.0. The summed E-state index contributed by atoms with van der Waals surface area (Å²) in [6.45, 7) is 0.412. The third-order valence-corrected chi connectivity index (χ3v) is 3.77. The van der Waals surface area contributed by atoms with Crippen LogP contribution in [0.5, 0.6) is 5.75 Å². The number of rotatable bonds is 6. The molecule has 2 aromatic carbocycles. The zero-order valence-corrected chi connectivity index (χ0v) is 14.3. The number of carbonyl (C=O) groups excluding carboxylic acids is 1. The van der Waals surface area contributed by atoms with Gasteiger partial charge >= 0.3 is 0 Å². The van der Waals surface area contributed by atoms with E-state index in [0.717, 1.165) is 16.9 Å². The molecular weight excluding hydrogens is 342 g/mol. The lowest BCUT2D eigenvalue weighted by Crippen LogP contribution is -2.24. The Balaban J connectivity index is 1.56. The van der Waals surface area contributed by atoms with E-state index in [1.807, 2.05) is 24.3 Å². The van der Waals surface area contributed by atoms with Crippen molar-refractivity contribution in [1.29, 1.82) is 0 Å². The van der Waals surface area contributed by atoms with Crippen LogP contribution in [0.3, 0.4) is 0 Å². The van der Waals surface area contributed by atoms with Gasteiger partial charge in [0, 0.05) is 17.1 Å². The number of nitrogens with zero attached hydrogens (tertiary/aromatic N) is 2. The number of ether oxygens (including phenoxy) is 1. The summed E-state index contributed by atoms with van der Waals surface area (Å²) in [7, 11) is 1.60. The number of halogens is 1. The van der Waals surface area contributed by atoms with Crippen molar-refractivity contribution in [1.82, 2.24) is 15.5 Å². The number of amides is 1. The lowest BCUT2D eigenvalue weighted by atomic mass is 10.2. The fourth-order valence-electron chi connectivity index (χ4n) is 2.18. The van der Waals surface area contributed by atoms with E-state index in [4.69, 9.17) is 20.8 Å². The minimum Gasteiger partial charge on any atom is -0.497 e. The van der Waals surface area contributed by atoms with E-state index in [1.165, 1.54) is 0 Å². The first-order valence-corrected chi connectivity index (χ1v) is 8.00. The van der Waals surface area contributed by atoms with Crippen LogP contribution in [0, 0.1) is 0 Å². The van der Waals surface area contributed by atoms with E-state index in [-0.39, 0.29) is 18.2 Å². The van der Waals surface area contributed by atoms with E-state index < -0.39 is 0 Å². The number of aromatic nitrogens is 2. The lowest BCUT2D eigenvalue weighted by molar-refractivity contribution is -0.120. The predicted molar refractivity (Wildman–Crippen MR) is 93.3 cm³/mol. The molecule has 6 nitrogen and oxygen atoms in total. The van der Waals surface area contributed by atoms with Crippen molar-refractivity contribution >= 4 is 17.5 Å². The number of carbonyl (C=O) groups is 1. The SMILES string of the molecule is COc1ccc(-c2nnc(CC(=O)NCc3ccc(Cl)cc3)o2)cc1. The van der Waals surface area contributed by atoms with Crippen molar-refractivity contribution in [3.05, 3.63) is 65.0 Å². The van der Waals surface area contributed by atoms with E-state index >= 15 is 0 Å². The number of methoxy groups -OCH3 is 1. The van der Waals surface area contributed by atoms with Gasteiger partial charge in [0.05, 0.1) is 7.11 Å². The first-order chi connectivity index (χ1) is 12.1. The maximum Gasteiger partial charge on any atom is 0.247 e. The number of benzene rings is 2. The molecule has 1 N–H and O–H groups in total. The van der Waals surface area contributed by atoms with Gasteiger partial charge in [-0.15, -0.1) is 10.2 Å². The summed E-state index contributed by atoms with van der Waals surface area (Å²) in [6, 6.07) is 14.5. The molecule has 0 atom stereocenters. The zero-order valence-electron chi connectivity index (χ0n) is 13.5. The van der Waals surface area contributed by atoms with Crippen molar-refractivity contribution in [2.24, 2.45) is 0 Å². The molecule has 0 fully saturated rings. The second-order valence-electron chi connectivity index (χ2n) is 5.31. The highest BCUT2D eigenvalue weighted by molar-refractivity contribution is 6.30. The summed E-state index contributed by atoms with van der Waals surface area (Å²) in [5, 5.41) is 11.4. The van der Waals surface area contributed by atoms with Crippen LogP contribution in [0.25, 0.3) is 11.5 Å². The van der Waals surface area contributed by atoms with Gasteiger partial charge in [0.15, 0.2) is 0 Å². The number of hydrogen-bond donors (Lipinski definition) is 1. The van der Waals surface area contributed by atoms with Crippen LogP contribution in [0.2, 0.25) is 5.02 Å². The molecule has 0 radical (unpaired) electrons. The van der Waals surface area contributed by atoms with Crippen molar-refractivity contribution < 1.29 is 13.9 Å². The standard InChI is InChI=1S/C18H16ClN3O3/c1-24-15-8-4-13(5-9-15)18-22-21-17(25-18)10-16(23)20-11-12-2-6-14(19)7-3-12/h2-9H,10-11H2,1H3,(H,20,23). The molecule has 0 aliphatic carbocycles. The Kier molecular flexibility index (Phi) is 5.30. The summed E-state index contributed by atoms with van der Waals surface area (Å²) in [6.07, 6.45) is 0.0245. The summed E-state index contributed by atoms with van der Waals surface area (Å²) >= 11 is 5.83. The first-order valence-electron chi connectivity index (χ1n) is 7.62. The second kappa shape index (κ2) is 7.81. The highest BCUT2D eigenvalue weighted by atomic mass is 35.5. The second-order valence-corrected chi connectivity index (χ2v) is 5.75. The molecule has 0 bridgehead atoms. The average Bonchev–Trinajstić information content (AvgIpc) is 3.10. The summed E-state index contributed by atoms with van der Waals surface area (Å²) < 4.78 is 10.6. The fourth-order valence-corrected chi connectivity index (χ4v) is 2.30. The van der Waals surface area contributed by atoms with Gasteiger partial charge in [0.1, 0.15) is 12.2 Å². The summed E-state index contributed by atoms with van der Waals surface area (Å²) in [4.78, 5) is 12.0. The summed E-state index contributed by atoms with van der Waals surface area (Å²) in [5.74, 6) is 1.17. The van der Waals surface area contributed by atoms with Gasteiger partial charge in [-0.25, -0.2) is 0 Å². The van der Waals surface area contributed by atoms with Crippen molar-refractivity contribution in [2.75, 3.05) is 7.11 Å². The van der Waals surface area contributed by atoms with Gasteiger partial charge in [-0.05, 0) is 42.0 Å². The normalized spacial score (nSPS) is 10.5. The fraction of sp³-hybridized carbons (Fsp3) is 0.167. The topological polar surface area (TPSA) is 77.2 Å². The van der Waals surface area contributed by atoms with Crippen LogP contribution in [-0.4, -0.2) is 23.2 Å². The third-order valence-electron chi connectivity index (χ3n) is 3.52. The molecule has 1 heterocycles.